The van der Waals surface area contributed by atoms with Gasteiger partial charge < -0.3 is 14.6 Å². The summed E-state index contributed by atoms with van der Waals surface area (Å²) in [6.45, 7) is 7.14. The zero-order valence-corrected chi connectivity index (χ0v) is 12.6. The summed E-state index contributed by atoms with van der Waals surface area (Å²) in [5.74, 6) is 0.835. The number of carbonyl (C=O) groups excluding carboxylic acids is 1. The molecule has 0 aliphatic heterocycles. The molecule has 112 valence electrons. The summed E-state index contributed by atoms with van der Waals surface area (Å²) in [7, 11) is 0. The van der Waals surface area contributed by atoms with Crippen LogP contribution in [-0.4, -0.2) is 21.8 Å². The number of carbonyl (C=O) groups is 1. The molecule has 0 fully saturated rings. The van der Waals surface area contributed by atoms with Gasteiger partial charge >= 0.3 is 6.09 Å². The first-order valence-corrected chi connectivity index (χ1v) is 6.70. The molecule has 0 aliphatic rings. The second kappa shape index (κ2) is 5.95. The highest BCUT2D eigenvalue weighted by molar-refractivity contribution is 5.68. The molecule has 6 heteroatoms. The van der Waals surface area contributed by atoms with Gasteiger partial charge in [-0.05, 0) is 33.3 Å². The maximum absolute atomic E-state index is 12.0. The summed E-state index contributed by atoms with van der Waals surface area (Å²) in [5, 5.41) is 6.53. The number of hydrogen-bond acceptors (Lipinski definition) is 5. The molecule has 0 bridgehead atoms. The lowest BCUT2D eigenvalue weighted by atomic mass is 10.1. The van der Waals surface area contributed by atoms with Gasteiger partial charge in [-0.3, -0.25) is 0 Å². The lowest BCUT2D eigenvalue weighted by Gasteiger charge is -2.22. The Morgan fingerprint density at radius 1 is 1.29 bits per heavy atom. The Morgan fingerprint density at radius 2 is 1.95 bits per heavy atom. The van der Waals surface area contributed by atoms with Gasteiger partial charge in [-0.1, -0.05) is 35.5 Å². The van der Waals surface area contributed by atoms with Crippen LogP contribution >= 0.6 is 0 Å². The highest BCUT2D eigenvalue weighted by Crippen LogP contribution is 2.21. The largest absolute Gasteiger partial charge is 0.444 e. The molecular formula is C15H19N3O3. The number of aryl methyl sites for hydroxylation is 1. The van der Waals surface area contributed by atoms with E-state index in [1.54, 1.807) is 27.7 Å². The van der Waals surface area contributed by atoms with Crippen LogP contribution in [0.25, 0.3) is 0 Å². The van der Waals surface area contributed by atoms with Crippen LogP contribution < -0.4 is 5.32 Å². The van der Waals surface area contributed by atoms with Gasteiger partial charge in [0.1, 0.15) is 11.6 Å². The Labute approximate surface area is 123 Å². The van der Waals surface area contributed by atoms with Gasteiger partial charge in [-0.15, -0.1) is 0 Å². The molecule has 0 saturated heterocycles. The van der Waals surface area contributed by atoms with Crippen LogP contribution in [0.4, 0.5) is 4.79 Å². The van der Waals surface area contributed by atoms with Gasteiger partial charge in [-0.2, -0.15) is 4.98 Å². The Morgan fingerprint density at radius 3 is 2.48 bits per heavy atom. The second-order valence-electron chi connectivity index (χ2n) is 5.67. The van der Waals surface area contributed by atoms with Crippen LogP contribution in [0.1, 0.15) is 44.1 Å². The summed E-state index contributed by atoms with van der Waals surface area (Å²) >= 11 is 0. The first kappa shape index (κ1) is 15.0. The van der Waals surface area contributed by atoms with Gasteiger partial charge in [0, 0.05) is 0 Å². The van der Waals surface area contributed by atoms with E-state index < -0.39 is 17.7 Å². The molecule has 0 spiro atoms. The van der Waals surface area contributed by atoms with Gasteiger partial charge in [0.15, 0.2) is 5.82 Å². The van der Waals surface area contributed by atoms with Crippen molar-refractivity contribution in [3.05, 3.63) is 47.6 Å². The average molecular weight is 289 g/mol. The Balaban J connectivity index is 2.23. The van der Waals surface area contributed by atoms with E-state index in [0.717, 1.165) is 5.56 Å². The smallest absolute Gasteiger partial charge is 0.408 e. The number of aromatic nitrogens is 2. The Kier molecular flexibility index (Phi) is 4.26. The number of benzene rings is 1. The first-order chi connectivity index (χ1) is 9.85. The standard InChI is InChI=1S/C15H19N3O3/c1-10-16-13(21-18-10)12(11-8-6-5-7-9-11)17-14(19)20-15(2,3)4/h5-9,12H,1-4H3,(H,17,19)/t12-/m0/s1. The fraction of sp³-hybridized carbons (Fsp3) is 0.400. The first-order valence-electron chi connectivity index (χ1n) is 6.70. The van der Waals surface area contributed by atoms with E-state index in [9.17, 15) is 4.79 Å². The molecule has 1 aromatic heterocycles. The van der Waals surface area contributed by atoms with Crippen LogP contribution in [0.3, 0.4) is 0 Å². The molecule has 1 N–H and O–H groups in total. The fourth-order valence-corrected chi connectivity index (χ4v) is 1.79. The molecule has 1 heterocycles. The second-order valence-corrected chi connectivity index (χ2v) is 5.67. The summed E-state index contributed by atoms with van der Waals surface area (Å²) < 4.78 is 10.5. The van der Waals surface area contributed by atoms with E-state index in [-0.39, 0.29) is 0 Å². The van der Waals surface area contributed by atoms with E-state index >= 15 is 0 Å². The molecule has 1 atom stereocenters. The van der Waals surface area contributed by atoms with Crippen molar-refractivity contribution in [3.63, 3.8) is 0 Å². The van der Waals surface area contributed by atoms with Gasteiger partial charge in [0.25, 0.3) is 5.89 Å². The third-order valence-corrected chi connectivity index (χ3v) is 2.58. The minimum Gasteiger partial charge on any atom is -0.444 e. The molecule has 1 amide bonds. The SMILES string of the molecule is Cc1noc([C@@H](NC(=O)OC(C)(C)C)c2ccccc2)n1. The van der Waals surface area contributed by atoms with E-state index in [4.69, 9.17) is 9.26 Å². The van der Waals surface area contributed by atoms with Crippen molar-refractivity contribution in [2.75, 3.05) is 0 Å². The third-order valence-electron chi connectivity index (χ3n) is 2.58. The molecule has 2 rings (SSSR count). The molecule has 0 radical (unpaired) electrons. The van der Waals surface area contributed by atoms with Crippen molar-refractivity contribution >= 4 is 6.09 Å². The van der Waals surface area contributed by atoms with E-state index in [2.05, 4.69) is 15.5 Å². The molecule has 0 saturated carbocycles. The number of nitrogens with zero attached hydrogens (tertiary/aromatic N) is 2. The van der Waals surface area contributed by atoms with Crippen LogP contribution in [-0.2, 0) is 4.74 Å². The highest BCUT2D eigenvalue weighted by atomic mass is 16.6. The van der Waals surface area contributed by atoms with Crippen LogP contribution in [0, 0.1) is 6.92 Å². The quantitative estimate of drug-likeness (QED) is 0.939. The Hall–Kier alpha value is -2.37. The molecule has 0 aliphatic carbocycles. The number of rotatable bonds is 3. The molecule has 21 heavy (non-hydrogen) atoms. The van der Waals surface area contributed by atoms with Crippen LogP contribution in [0.2, 0.25) is 0 Å². The van der Waals surface area contributed by atoms with E-state index in [1.165, 1.54) is 0 Å². The topological polar surface area (TPSA) is 77.2 Å². The van der Waals surface area contributed by atoms with Crippen molar-refractivity contribution in [3.8, 4) is 0 Å². The lowest BCUT2D eigenvalue weighted by Crippen LogP contribution is -2.35. The van der Waals surface area contributed by atoms with Crippen molar-refractivity contribution < 1.29 is 14.1 Å². The number of nitrogens with one attached hydrogen (secondary N) is 1. The summed E-state index contributed by atoms with van der Waals surface area (Å²) in [6.07, 6.45) is -0.535. The molecule has 0 unspecified atom stereocenters. The minimum absolute atomic E-state index is 0.324. The normalized spacial score (nSPS) is 12.8. The average Bonchev–Trinajstić information content (AvgIpc) is 2.81. The molecule has 6 nitrogen and oxygen atoms in total. The number of hydrogen-bond donors (Lipinski definition) is 1. The predicted molar refractivity (Wildman–Crippen MR) is 76.7 cm³/mol. The number of ether oxygens (including phenoxy) is 1. The van der Waals surface area contributed by atoms with Crippen LogP contribution in [0.5, 0.6) is 0 Å². The third kappa shape index (κ3) is 4.30. The summed E-state index contributed by atoms with van der Waals surface area (Å²) in [5.41, 5.74) is 0.266. The van der Waals surface area contributed by atoms with Crippen molar-refractivity contribution in [1.29, 1.82) is 0 Å². The van der Waals surface area contributed by atoms with E-state index in [1.807, 2.05) is 30.3 Å². The van der Waals surface area contributed by atoms with Crippen molar-refractivity contribution in [2.45, 2.75) is 39.3 Å². The number of alkyl carbamates (subject to hydrolysis) is 1. The predicted octanol–water partition coefficient (Wildman–Crippen LogP) is 2.99. The van der Waals surface area contributed by atoms with Crippen LogP contribution in [0.15, 0.2) is 34.9 Å². The minimum atomic E-state index is -0.573. The zero-order valence-electron chi connectivity index (χ0n) is 12.6. The zero-order chi connectivity index (χ0) is 15.5. The van der Waals surface area contributed by atoms with Gasteiger partial charge in [-0.25, -0.2) is 4.79 Å². The van der Waals surface area contributed by atoms with Gasteiger partial charge in [0.2, 0.25) is 0 Å². The van der Waals surface area contributed by atoms with E-state index in [0.29, 0.717) is 11.7 Å². The maximum Gasteiger partial charge on any atom is 0.408 e. The maximum atomic E-state index is 12.0. The number of amides is 1. The summed E-state index contributed by atoms with van der Waals surface area (Å²) in [4.78, 5) is 16.2. The summed E-state index contributed by atoms with van der Waals surface area (Å²) in [6, 6.07) is 8.86. The molecular weight excluding hydrogens is 270 g/mol. The van der Waals surface area contributed by atoms with Crippen molar-refractivity contribution in [2.24, 2.45) is 0 Å². The Bertz CT molecular complexity index is 602. The molecule has 1 aromatic carbocycles. The lowest BCUT2D eigenvalue weighted by molar-refractivity contribution is 0.0504. The van der Waals surface area contributed by atoms with Gasteiger partial charge in [0.05, 0.1) is 0 Å². The van der Waals surface area contributed by atoms with Crippen molar-refractivity contribution in [1.82, 2.24) is 15.5 Å². The monoisotopic (exact) mass is 289 g/mol. The fourth-order valence-electron chi connectivity index (χ4n) is 1.79. The molecule has 2 aromatic rings. The highest BCUT2D eigenvalue weighted by Gasteiger charge is 2.25.